The number of nitrogens with zero attached hydrogens (tertiary/aromatic N) is 1. The summed E-state index contributed by atoms with van der Waals surface area (Å²) in [6.45, 7) is 7.61. The van der Waals surface area contributed by atoms with Crippen LogP contribution in [0.1, 0.15) is 56.7 Å². The van der Waals surface area contributed by atoms with Gasteiger partial charge in [-0.2, -0.15) is 0 Å². The van der Waals surface area contributed by atoms with Crippen LogP contribution in [0, 0.1) is 12.3 Å². The molecule has 0 bridgehead atoms. The molecule has 0 amide bonds. The quantitative estimate of drug-likeness (QED) is 0.902. The van der Waals surface area contributed by atoms with Gasteiger partial charge in [-0.15, -0.1) is 0 Å². The summed E-state index contributed by atoms with van der Waals surface area (Å²) in [5.41, 5.74) is 9.25. The normalized spacial score (nSPS) is 21.1. The molecule has 0 radical (unpaired) electrons. The Labute approximate surface area is 124 Å². The molecule has 0 spiro atoms. The number of hydrogen-bond donors (Lipinski definition) is 1. The molecule has 0 saturated heterocycles. The molecule has 0 aliphatic heterocycles. The molecule has 1 aliphatic rings. The van der Waals surface area contributed by atoms with Gasteiger partial charge in [-0.1, -0.05) is 43.7 Å². The molecule has 2 nitrogen and oxygen atoms in total. The lowest BCUT2D eigenvalue weighted by Crippen LogP contribution is -2.41. The zero-order valence-electron chi connectivity index (χ0n) is 13.5. The van der Waals surface area contributed by atoms with E-state index >= 15 is 0 Å². The molecule has 1 aliphatic carbocycles. The topological polar surface area (TPSA) is 29.3 Å². The summed E-state index contributed by atoms with van der Waals surface area (Å²) in [7, 11) is 2.25. The molecule has 1 aromatic carbocycles. The van der Waals surface area contributed by atoms with Gasteiger partial charge in [0, 0.05) is 18.6 Å². The van der Waals surface area contributed by atoms with Gasteiger partial charge in [-0.05, 0) is 50.6 Å². The van der Waals surface area contributed by atoms with Crippen molar-refractivity contribution in [1.29, 1.82) is 0 Å². The van der Waals surface area contributed by atoms with E-state index in [1.807, 2.05) is 0 Å². The third-order valence-electron chi connectivity index (χ3n) is 5.06. The standard InChI is InChI=1S/C18H30N2/c1-14-5-7-15(8-6-14)17(13-19)20(4)16-9-11-18(2,3)12-10-16/h5-8,16-17H,9-13,19H2,1-4H3. The maximum absolute atomic E-state index is 6.06. The van der Waals surface area contributed by atoms with Gasteiger partial charge in [0.2, 0.25) is 0 Å². The minimum Gasteiger partial charge on any atom is -0.329 e. The summed E-state index contributed by atoms with van der Waals surface area (Å²) in [4.78, 5) is 2.51. The minimum absolute atomic E-state index is 0.349. The largest absolute Gasteiger partial charge is 0.329 e. The SMILES string of the molecule is Cc1ccc(C(CN)N(C)C2CCC(C)(C)CC2)cc1. The van der Waals surface area contributed by atoms with Crippen LogP contribution in [-0.4, -0.2) is 24.5 Å². The first kappa shape index (κ1) is 15.5. The van der Waals surface area contributed by atoms with Crippen molar-refractivity contribution in [2.45, 2.75) is 58.5 Å². The first-order valence-electron chi connectivity index (χ1n) is 7.91. The zero-order valence-corrected chi connectivity index (χ0v) is 13.5. The van der Waals surface area contributed by atoms with Crippen LogP contribution >= 0.6 is 0 Å². The van der Waals surface area contributed by atoms with Crippen LogP contribution in [0.3, 0.4) is 0 Å². The summed E-state index contributed by atoms with van der Waals surface area (Å²) in [6.07, 6.45) is 5.25. The van der Waals surface area contributed by atoms with Crippen LogP contribution in [0.25, 0.3) is 0 Å². The predicted octanol–water partition coefficient (Wildman–Crippen LogP) is 3.90. The van der Waals surface area contributed by atoms with Gasteiger partial charge >= 0.3 is 0 Å². The number of rotatable bonds is 4. The van der Waals surface area contributed by atoms with E-state index in [1.165, 1.54) is 36.8 Å². The lowest BCUT2D eigenvalue weighted by atomic mass is 9.75. The fourth-order valence-corrected chi connectivity index (χ4v) is 3.37. The van der Waals surface area contributed by atoms with E-state index in [0.717, 1.165) is 0 Å². The Morgan fingerprint density at radius 1 is 1.20 bits per heavy atom. The van der Waals surface area contributed by atoms with E-state index in [2.05, 4.69) is 57.0 Å². The maximum atomic E-state index is 6.06. The van der Waals surface area contributed by atoms with Crippen molar-refractivity contribution < 1.29 is 0 Å². The summed E-state index contributed by atoms with van der Waals surface area (Å²) < 4.78 is 0. The number of hydrogen-bond acceptors (Lipinski definition) is 2. The summed E-state index contributed by atoms with van der Waals surface area (Å²) in [6, 6.07) is 9.87. The Hall–Kier alpha value is -0.860. The number of nitrogens with two attached hydrogens (primary N) is 1. The molecule has 0 aromatic heterocycles. The van der Waals surface area contributed by atoms with Gasteiger partial charge < -0.3 is 5.73 Å². The Kier molecular flexibility index (Phi) is 4.87. The fraction of sp³-hybridized carbons (Fsp3) is 0.667. The van der Waals surface area contributed by atoms with Gasteiger partial charge in [0.1, 0.15) is 0 Å². The Morgan fingerprint density at radius 2 is 1.75 bits per heavy atom. The molecule has 1 saturated carbocycles. The number of benzene rings is 1. The molecule has 0 heterocycles. The zero-order chi connectivity index (χ0) is 14.8. The van der Waals surface area contributed by atoms with Crippen molar-refractivity contribution in [3.05, 3.63) is 35.4 Å². The molecule has 2 N–H and O–H groups in total. The predicted molar refractivity (Wildman–Crippen MR) is 86.8 cm³/mol. The van der Waals surface area contributed by atoms with Gasteiger partial charge in [-0.25, -0.2) is 0 Å². The van der Waals surface area contributed by atoms with Crippen molar-refractivity contribution >= 4 is 0 Å². The van der Waals surface area contributed by atoms with E-state index in [-0.39, 0.29) is 0 Å². The molecular formula is C18H30N2. The molecule has 112 valence electrons. The molecular weight excluding hydrogens is 244 g/mol. The first-order valence-corrected chi connectivity index (χ1v) is 7.91. The molecule has 1 unspecified atom stereocenters. The van der Waals surface area contributed by atoms with E-state index < -0.39 is 0 Å². The minimum atomic E-state index is 0.349. The van der Waals surface area contributed by atoms with Crippen LogP contribution in [0.15, 0.2) is 24.3 Å². The number of likely N-dealkylation sites (N-methyl/N-ethyl adjacent to an activating group) is 1. The molecule has 2 rings (SSSR count). The second kappa shape index (κ2) is 6.28. The maximum Gasteiger partial charge on any atom is 0.0470 e. The van der Waals surface area contributed by atoms with Crippen LogP contribution in [-0.2, 0) is 0 Å². The fourth-order valence-electron chi connectivity index (χ4n) is 3.37. The average molecular weight is 274 g/mol. The van der Waals surface area contributed by atoms with Gasteiger partial charge in [0.15, 0.2) is 0 Å². The monoisotopic (exact) mass is 274 g/mol. The van der Waals surface area contributed by atoms with Crippen molar-refractivity contribution in [2.75, 3.05) is 13.6 Å². The highest BCUT2D eigenvalue weighted by atomic mass is 15.2. The van der Waals surface area contributed by atoms with Crippen molar-refractivity contribution in [3.63, 3.8) is 0 Å². The Morgan fingerprint density at radius 3 is 2.25 bits per heavy atom. The van der Waals surface area contributed by atoms with E-state index in [9.17, 15) is 0 Å². The highest BCUT2D eigenvalue weighted by molar-refractivity contribution is 5.24. The second-order valence-electron chi connectivity index (χ2n) is 7.22. The summed E-state index contributed by atoms with van der Waals surface area (Å²) >= 11 is 0. The number of aryl methyl sites for hydroxylation is 1. The van der Waals surface area contributed by atoms with Crippen molar-refractivity contribution in [2.24, 2.45) is 11.1 Å². The lowest BCUT2D eigenvalue weighted by molar-refractivity contribution is 0.0966. The van der Waals surface area contributed by atoms with E-state index in [1.54, 1.807) is 0 Å². The highest BCUT2D eigenvalue weighted by Gasteiger charge is 2.31. The molecule has 1 aromatic rings. The van der Waals surface area contributed by atoms with Crippen LogP contribution < -0.4 is 5.73 Å². The average Bonchev–Trinajstić information content (AvgIpc) is 2.41. The molecule has 20 heavy (non-hydrogen) atoms. The molecule has 1 atom stereocenters. The van der Waals surface area contributed by atoms with Crippen LogP contribution in [0.5, 0.6) is 0 Å². The Balaban J connectivity index is 2.06. The molecule has 2 heteroatoms. The van der Waals surface area contributed by atoms with E-state index in [4.69, 9.17) is 5.73 Å². The van der Waals surface area contributed by atoms with E-state index in [0.29, 0.717) is 24.0 Å². The Bertz CT molecular complexity index is 412. The lowest BCUT2D eigenvalue weighted by Gasteiger charge is -2.41. The van der Waals surface area contributed by atoms with Crippen molar-refractivity contribution in [1.82, 2.24) is 4.90 Å². The molecule has 1 fully saturated rings. The summed E-state index contributed by atoms with van der Waals surface area (Å²) in [5, 5.41) is 0. The third-order valence-corrected chi connectivity index (χ3v) is 5.06. The third kappa shape index (κ3) is 3.62. The first-order chi connectivity index (χ1) is 9.43. The van der Waals surface area contributed by atoms with Gasteiger partial charge in [0.05, 0.1) is 0 Å². The summed E-state index contributed by atoms with van der Waals surface area (Å²) in [5.74, 6) is 0. The van der Waals surface area contributed by atoms with Gasteiger partial charge in [0.25, 0.3) is 0 Å². The second-order valence-corrected chi connectivity index (χ2v) is 7.22. The van der Waals surface area contributed by atoms with Crippen LogP contribution in [0.2, 0.25) is 0 Å². The van der Waals surface area contributed by atoms with Gasteiger partial charge in [-0.3, -0.25) is 4.90 Å². The van der Waals surface area contributed by atoms with Crippen molar-refractivity contribution in [3.8, 4) is 0 Å². The highest BCUT2D eigenvalue weighted by Crippen LogP contribution is 2.38. The smallest absolute Gasteiger partial charge is 0.0470 e. The van der Waals surface area contributed by atoms with Crippen LogP contribution in [0.4, 0.5) is 0 Å².